The molecule has 0 radical (unpaired) electrons. The molecule has 0 saturated heterocycles. The molecule has 1 aliphatic rings. The van der Waals surface area contributed by atoms with Crippen molar-refractivity contribution < 1.29 is 9.59 Å². The molecular weight excluding hydrogens is 168 g/mol. The van der Waals surface area contributed by atoms with Crippen molar-refractivity contribution in [3.05, 3.63) is 11.8 Å². The number of nitrogens with one attached hydrogen (secondary N) is 2. The summed E-state index contributed by atoms with van der Waals surface area (Å²) in [5, 5.41) is 9.21. The van der Waals surface area contributed by atoms with Gasteiger partial charge in [0.1, 0.15) is 0 Å². The van der Waals surface area contributed by atoms with Gasteiger partial charge in [0.15, 0.2) is 5.71 Å². The van der Waals surface area contributed by atoms with Gasteiger partial charge in [-0.3, -0.25) is 15.0 Å². The third kappa shape index (κ3) is 1.46. The first-order valence-corrected chi connectivity index (χ1v) is 3.39. The average molecular weight is 173 g/mol. The molecule has 2 N–H and O–H groups in total. The molecule has 0 bridgehead atoms. The van der Waals surface area contributed by atoms with Crippen LogP contribution in [0.4, 0.5) is 0 Å². The minimum atomic E-state index is -0.687. The lowest BCUT2D eigenvalue weighted by Gasteiger charge is -2.10. The summed E-state index contributed by atoms with van der Waals surface area (Å²) in [6, 6.07) is 0. The molecule has 0 aromatic heterocycles. The number of carbonyl (C=O) groups is 2. The minimum Gasteiger partial charge on any atom is -0.323 e. The zero-order chi connectivity index (χ0) is 8.43. The quantitative estimate of drug-likeness (QED) is 0.539. The molecule has 11 heavy (non-hydrogen) atoms. The van der Waals surface area contributed by atoms with E-state index in [1.54, 1.807) is 0 Å². The molecule has 0 aliphatic carbocycles. The fraction of sp³-hybridized carbons (Fsp3) is 0.167. The fourth-order valence-corrected chi connectivity index (χ4v) is 0.803. The van der Waals surface area contributed by atoms with E-state index >= 15 is 0 Å². The van der Waals surface area contributed by atoms with Gasteiger partial charge in [0, 0.05) is 11.8 Å². The number of allylic oxidation sites excluding steroid dienone is 2. The maximum atomic E-state index is 10.8. The van der Waals surface area contributed by atoms with Gasteiger partial charge in [0.05, 0.1) is 5.88 Å². The number of halogens is 1. The Morgan fingerprint density at radius 3 is 2.64 bits per heavy atom. The average Bonchev–Trinajstić information content (AvgIpc) is 1.99. The second-order valence-corrected chi connectivity index (χ2v) is 2.26. The van der Waals surface area contributed by atoms with E-state index in [1.807, 2.05) is 0 Å². The number of amides is 1. The summed E-state index contributed by atoms with van der Waals surface area (Å²) >= 11 is 5.35. The van der Waals surface area contributed by atoms with Crippen LogP contribution < -0.4 is 5.32 Å². The highest BCUT2D eigenvalue weighted by Gasteiger charge is 2.22. The zero-order valence-electron chi connectivity index (χ0n) is 5.48. The third-order valence-electron chi connectivity index (χ3n) is 1.20. The van der Waals surface area contributed by atoms with E-state index in [4.69, 9.17) is 17.0 Å². The van der Waals surface area contributed by atoms with Gasteiger partial charge in [0.25, 0.3) is 5.91 Å². The van der Waals surface area contributed by atoms with Crippen LogP contribution in [-0.4, -0.2) is 23.3 Å². The first-order chi connectivity index (χ1) is 5.15. The molecule has 4 nitrogen and oxygen atoms in total. The summed E-state index contributed by atoms with van der Waals surface area (Å²) in [6.45, 7) is 0. The molecule has 5 heteroatoms. The van der Waals surface area contributed by atoms with Crippen LogP contribution >= 0.6 is 11.6 Å². The zero-order valence-corrected chi connectivity index (χ0v) is 6.23. The van der Waals surface area contributed by atoms with Crippen LogP contribution in [0.25, 0.3) is 0 Å². The van der Waals surface area contributed by atoms with E-state index < -0.39 is 17.4 Å². The molecule has 0 fully saturated rings. The summed E-state index contributed by atoms with van der Waals surface area (Å²) in [6.07, 6.45) is 1.15. The second-order valence-electron chi connectivity index (χ2n) is 2.00. The molecule has 1 heterocycles. The smallest absolute Gasteiger partial charge is 0.277 e. The van der Waals surface area contributed by atoms with Crippen molar-refractivity contribution in [1.29, 1.82) is 5.41 Å². The van der Waals surface area contributed by atoms with Gasteiger partial charge in [0.2, 0.25) is 5.78 Å². The van der Waals surface area contributed by atoms with Gasteiger partial charge in [-0.05, 0) is 0 Å². The lowest BCUT2D eigenvalue weighted by atomic mass is 10.1. The summed E-state index contributed by atoms with van der Waals surface area (Å²) in [5.41, 5.74) is -0.198. The highest BCUT2D eigenvalue weighted by atomic mass is 35.5. The Morgan fingerprint density at radius 2 is 2.18 bits per heavy atom. The fourth-order valence-electron chi connectivity index (χ4n) is 0.659. The van der Waals surface area contributed by atoms with Crippen molar-refractivity contribution in [2.75, 3.05) is 5.88 Å². The van der Waals surface area contributed by atoms with Crippen molar-refractivity contribution >= 4 is 29.0 Å². The number of alkyl halides is 1. The topological polar surface area (TPSA) is 70.0 Å². The number of hydrogen-bond acceptors (Lipinski definition) is 3. The van der Waals surface area contributed by atoms with Gasteiger partial charge < -0.3 is 5.32 Å². The number of carbonyl (C=O) groups excluding carboxylic acids is 2. The number of hydrogen-bond donors (Lipinski definition) is 2. The lowest BCUT2D eigenvalue weighted by Crippen LogP contribution is -2.39. The van der Waals surface area contributed by atoms with Crippen molar-refractivity contribution in [3.8, 4) is 0 Å². The van der Waals surface area contributed by atoms with E-state index in [0.717, 1.165) is 6.08 Å². The maximum absolute atomic E-state index is 10.8. The van der Waals surface area contributed by atoms with Crippen molar-refractivity contribution in [1.82, 2.24) is 5.32 Å². The summed E-state index contributed by atoms with van der Waals surface area (Å²) in [4.78, 5) is 21.5. The van der Waals surface area contributed by atoms with E-state index in [0.29, 0.717) is 5.70 Å². The Balaban J connectivity index is 2.94. The summed E-state index contributed by atoms with van der Waals surface area (Å²) in [7, 11) is 0. The van der Waals surface area contributed by atoms with Crippen LogP contribution in [0.3, 0.4) is 0 Å². The molecule has 1 aliphatic heterocycles. The second kappa shape index (κ2) is 2.84. The van der Waals surface area contributed by atoms with E-state index in [9.17, 15) is 9.59 Å². The molecule has 0 atom stereocenters. The minimum absolute atomic E-state index is 0.0742. The molecule has 58 valence electrons. The van der Waals surface area contributed by atoms with E-state index in [2.05, 4.69) is 5.32 Å². The Morgan fingerprint density at radius 1 is 1.55 bits per heavy atom. The SMILES string of the molecule is N=C1C(=O)C=C(CCl)NC1=O. The van der Waals surface area contributed by atoms with Crippen LogP contribution in [0.1, 0.15) is 0 Å². The molecule has 0 saturated carbocycles. The molecular formula is C6H5ClN2O2. The lowest BCUT2D eigenvalue weighted by molar-refractivity contribution is -0.117. The third-order valence-corrected chi connectivity index (χ3v) is 1.48. The molecule has 0 aromatic rings. The first kappa shape index (κ1) is 7.94. The Labute approximate surface area is 67.7 Å². The molecule has 0 aromatic carbocycles. The van der Waals surface area contributed by atoms with Crippen molar-refractivity contribution in [2.45, 2.75) is 0 Å². The van der Waals surface area contributed by atoms with Crippen LogP contribution in [0.5, 0.6) is 0 Å². The maximum Gasteiger partial charge on any atom is 0.277 e. The number of ketones is 1. The summed E-state index contributed by atoms with van der Waals surface area (Å²) < 4.78 is 0. The Hall–Kier alpha value is -1.16. The van der Waals surface area contributed by atoms with Gasteiger partial charge >= 0.3 is 0 Å². The molecule has 1 rings (SSSR count). The Kier molecular flexibility index (Phi) is 2.05. The van der Waals surface area contributed by atoms with Crippen LogP contribution in [-0.2, 0) is 9.59 Å². The highest BCUT2D eigenvalue weighted by Crippen LogP contribution is 2.00. The number of rotatable bonds is 1. The normalized spacial score (nSPS) is 17.9. The van der Waals surface area contributed by atoms with E-state index in [-0.39, 0.29) is 5.88 Å². The van der Waals surface area contributed by atoms with E-state index in [1.165, 1.54) is 0 Å². The van der Waals surface area contributed by atoms with Gasteiger partial charge in [-0.25, -0.2) is 0 Å². The largest absolute Gasteiger partial charge is 0.323 e. The highest BCUT2D eigenvalue weighted by molar-refractivity contribution is 6.68. The molecule has 0 unspecified atom stereocenters. The Bertz CT molecular complexity index is 270. The van der Waals surface area contributed by atoms with Crippen LogP contribution in [0, 0.1) is 5.41 Å². The van der Waals surface area contributed by atoms with Crippen molar-refractivity contribution in [2.24, 2.45) is 0 Å². The van der Waals surface area contributed by atoms with Gasteiger partial charge in [-0.1, -0.05) is 0 Å². The first-order valence-electron chi connectivity index (χ1n) is 2.86. The monoisotopic (exact) mass is 172 g/mol. The van der Waals surface area contributed by atoms with Crippen LogP contribution in [0.15, 0.2) is 11.8 Å². The predicted octanol–water partition coefficient (Wildman–Crippen LogP) is -0.172. The van der Waals surface area contributed by atoms with Crippen molar-refractivity contribution in [3.63, 3.8) is 0 Å². The summed E-state index contributed by atoms with van der Waals surface area (Å²) in [5.74, 6) is -1.21. The molecule has 0 spiro atoms. The van der Waals surface area contributed by atoms with Gasteiger partial charge in [-0.2, -0.15) is 0 Å². The predicted molar refractivity (Wildman–Crippen MR) is 39.7 cm³/mol. The van der Waals surface area contributed by atoms with Crippen LogP contribution in [0.2, 0.25) is 0 Å². The molecule has 1 amide bonds. The van der Waals surface area contributed by atoms with Gasteiger partial charge in [-0.15, -0.1) is 11.6 Å². The standard InChI is InChI=1S/C6H5ClN2O2/c7-2-3-1-4(10)5(8)6(11)9-3/h1,8H,2H2,(H,9,11).